The van der Waals surface area contributed by atoms with Crippen LogP contribution in [0.4, 0.5) is 5.13 Å². The van der Waals surface area contributed by atoms with Gasteiger partial charge >= 0.3 is 0 Å². The topological polar surface area (TPSA) is 79.7 Å². The lowest BCUT2D eigenvalue weighted by molar-refractivity contribution is -0.117. The van der Waals surface area contributed by atoms with Crippen LogP contribution < -0.4 is 9.64 Å². The summed E-state index contributed by atoms with van der Waals surface area (Å²) in [5, 5.41) is 13.1. The number of nitrogens with zero attached hydrogens (tertiary/aromatic N) is 2. The molecule has 0 fully saturated rings. The molecular formula is C25H20N2O4S2. The number of carbonyl (C=O) groups is 2. The number of aliphatic hydroxyl groups is 1. The Hall–Kier alpha value is -3.49. The average Bonchev–Trinajstić information content (AvgIpc) is 3.52. The van der Waals surface area contributed by atoms with Gasteiger partial charge in [0.2, 0.25) is 5.78 Å². The van der Waals surface area contributed by atoms with Gasteiger partial charge < -0.3 is 9.84 Å². The molecule has 33 heavy (non-hydrogen) atoms. The van der Waals surface area contributed by atoms with Gasteiger partial charge in [-0.05, 0) is 48.6 Å². The Balaban J connectivity index is 1.73. The Morgan fingerprint density at radius 2 is 1.94 bits per heavy atom. The van der Waals surface area contributed by atoms with E-state index in [-0.39, 0.29) is 11.4 Å². The number of anilines is 1. The van der Waals surface area contributed by atoms with Crippen molar-refractivity contribution < 1.29 is 19.4 Å². The zero-order valence-electron chi connectivity index (χ0n) is 18.2. The van der Waals surface area contributed by atoms with Crippen molar-refractivity contribution in [2.45, 2.75) is 19.9 Å². The number of hydrogen-bond donors (Lipinski definition) is 1. The molecule has 0 saturated carbocycles. The number of ether oxygens (including phenoxy) is 1. The molecule has 0 bridgehead atoms. The molecule has 3 heterocycles. The van der Waals surface area contributed by atoms with Crippen LogP contribution in [0.5, 0.6) is 5.75 Å². The number of ketones is 1. The first-order valence-electron chi connectivity index (χ1n) is 10.3. The highest BCUT2D eigenvalue weighted by atomic mass is 32.1. The minimum Gasteiger partial charge on any atom is -0.503 e. The van der Waals surface area contributed by atoms with Crippen molar-refractivity contribution in [2.24, 2.45) is 0 Å². The van der Waals surface area contributed by atoms with Crippen LogP contribution in [-0.4, -0.2) is 28.9 Å². The highest BCUT2D eigenvalue weighted by Gasteiger charge is 2.47. The molecule has 2 aromatic carbocycles. The maximum Gasteiger partial charge on any atom is 0.296 e. The largest absolute Gasteiger partial charge is 0.503 e. The third kappa shape index (κ3) is 3.42. The van der Waals surface area contributed by atoms with Crippen LogP contribution in [0, 0.1) is 13.8 Å². The number of Topliss-reactive ketones (excluding diaryl/α,β-unsaturated/α-hetero) is 1. The molecule has 0 spiro atoms. The molecule has 1 amide bonds. The summed E-state index contributed by atoms with van der Waals surface area (Å²) in [4.78, 5) is 33.4. The Morgan fingerprint density at radius 3 is 2.67 bits per heavy atom. The van der Waals surface area contributed by atoms with Gasteiger partial charge in [0.05, 0.1) is 27.8 Å². The summed E-state index contributed by atoms with van der Waals surface area (Å²) in [6.07, 6.45) is 0. The summed E-state index contributed by atoms with van der Waals surface area (Å²) in [5.74, 6) is -1.09. The molecule has 0 radical (unpaired) electrons. The van der Waals surface area contributed by atoms with E-state index in [4.69, 9.17) is 9.72 Å². The van der Waals surface area contributed by atoms with E-state index in [1.807, 2.05) is 38.1 Å². The first-order valence-corrected chi connectivity index (χ1v) is 12.0. The van der Waals surface area contributed by atoms with Crippen LogP contribution in [0.2, 0.25) is 0 Å². The number of amides is 1. The van der Waals surface area contributed by atoms with Crippen LogP contribution in [0.3, 0.4) is 0 Å². The second-order valence-electron chi connectivity index (χ2n) is 7.81. The number of thiophene rings is 1. The van der Waals surface area contributed by atoms with Gasteiger partial charge in [0, 0.05) is 5.56 Å². The molecule has 1 aliphatic rings. The molecule has 166 valence electrons. The van der Waals surface area contributed by atoms with Gasteiger partial charge in [0.25, 0.3) is 5.91 Å². The van der Waals surface area contributed by atoms with E-state index >= 15 is 0 Å². The lowest BCUT2D eigenvalue weighted by Crippen LogP contribution is -2.31. The van der Waals surface area contributed by atoms with Crippen molar-refractivity contribution in [3.8, 4) is 5.75 Å². The van der Waals surface area contributed by atoms with Gasteiger partial charge in [-0.15, -0.1) is 11.3 Å². The third-order valence-electron chi connectivity index (χ3n) is 5.66. The number of thiazole rings is 1. The van der Waals surface area contributed by atoms with Crippen LogP contribution in [-0.2, 0) is 4.79 Å². The summed E-state index contributed by atoms with van der Waals surface area (Å²) in [6, 6.07) is 13.8. The predicted octanol–water partition coefficient (Wildman–Crippen LogP) is 5.77. The highest BCUT2D eigenvalue weighted by Crippen LogP contribution is 2.46. The molecule has 0 saturated heterocycles. The molecular weight excluding hydrogens is 456 g/mol. The maximum atomic E-state index is 13.5. The van der Waals surface area contributed by atoms with Crippen LogP contribution >= 0.6 is 22.7 Å². The summed E-state index contributed by atoms with van der Waals surface area (Å²) in [7, 11) is 1.54. The first-order chi connectivity index (χ1) is 15.9. The number of aryl methyl sites for hydroxylation is 2. The Bertz CT molecular complexity index is 1440. The van der Waals surface area contributed by atoms with Crippen molar-refractivity contribution in [3.05, 3.63) is 86.8 Å². The summed E-state index contributed by atoms with van der Waals surface area (Å²) < 4.78 is 6.49. The van der Waals surface area contributed by atoms with Crippen LogP contribution in [0.25, 0.3) is 10.2 Å². The Morgan fingerprint density at radius 1 is 1.15 bits per heavy atom. The minimum atomic E-state index is -0.870. The molecule has 0 unspecified atom stereocenters. The quantitative estimate of drug-likeness (QED) is 0.370. The van der Waals surface area contributed by atoms with E-state index in [0.29, 0.717) is 21.3 Å². The van der Waals surface area contributed by atoms with Gasteiger partial charge in [0.1, 0.15) is 11.8 Å². The molecule has 6 nitrogen and oxygen atoms in total. The second kappa shape index (κ2) is 8.13. The molecule has 0 aliphatic carbocycles. The number of hydrogen-bond acceptors (Lipinski definition) is 7. The van der Waals surface area contributed by atoms with E-state index in [9.17, 15) is 14.7 Å². The summed E-state index contributed by atoms with van der Waals surface area (Å²) >= 11 is 2.62. The monoisotopic (exact) mass is 476 g/mol. The number of benzene rings is 2. The number of aromatic nitrogens is 1. The molecule has 8 heteroatoms. The summed E-state index contributed by atoms with van der Waals surface area (Å²) in [5.41, 5.74) is 3.52. The zero-order chi connectivity index (χ0) is 23.3. The SMILES string of the molecule is COc1ccccc1[C@H]1C(C(=O)c2cccs2)=C(O)C(=O)N1c1nc2c(C)cc(C)cc2s1. The Kier molecular flexibility index (Phi) is 5.26. The molecule has 1 atom stereocenters. The molecule has 5 rings (SSSR count). The fourth-order valence-electron chi connectivity index (χ4n) is 4.22. The smallest absolute Gasteiger partial charge is 0.296 e. The van der Waals surface area contributed by atoms with E-state index in [2.05, 4.69) is 0 Å². The number of methoxy groups -OCH3 is 1. The lowest BCUT2D eigenvalue weighted by atomic mass is 9.95. The fraction of sp³-hybridized carbons (Fsp3) is 0.160. The Labute approximate surface area is 198 Å². The highest BCUT2D eigenvalue weighted by molar-refractivity contribution is 7.22. The molecule has 2 aromatic heterocycles. The van der Waals surface area contributed by atoms with E-state index in [0.717, 1.165) is 21.3 Å². The van der Waals surface area contributed by atoms with Crippen molar-refractivity contribution in [2.75, 3.05) is 12.0 Å². The number of aliphatic hydroxyl groups excluding tert-OH is 1. The van der Waals surface area contributed by atoms with Gasteiger partial charge in [-0.2, -0.15) is 0 Å². The second-order valence-corrected chi connectivity index (χ2v) is 9.77. The molecule has 1 aliphatic heterocycles. The van der Waals surface area contributed by atoms with Gasteiger partial charge in [0.15, 0.2) is 10.9 Å². The van der Waals surface area contributed by atoms with E-state index < -0.39 is 17.7 Å². The average molecular weight is 477 g/mol. The predicted molar refractivity (Wildman–Crippen MR) is 131 cm³/mol. The third-order valence-corrected chi connectivity index (χ3v) is 7.53. The number of para-hydroxylation sites is 1. The summed E-state index contributed by atoms with van der Waals surface area (Å²) in [6.45, 7) is 3.99. The normalized spacial score (nSPS) is 16.2. The molecule has 4 aromatic rings. The number of carbonyl (C=O) groups excluding carboxylic acids is 2. The first kappa shape index (κ1) is 21.4. The number of rotatable bonds is 5. The van der Waals surface area contributed by atoms with Crippen molar-refractivity contribution >= 4 is 49.7 Å². The lowest BCUT2D eigenvalue weighted by Gasteiger charge is -2.25. The maximum absolute atomic E-state index is 13.5. The number of fused-ring (bicyclic) bond motifs is 1. The van der Waals surface area contributed by atoms with Gasteiger partial charge in [-0.3, -0.25) is 14.5 Å². The minimum absolute atomic E-state index is 0.0270. The van der Waals surface area contributed by atoms with Crippen molar-refractivity contribution in [1.82, 2.24) is 4.98 Å². The molecule has 1 N–H and O–H groups in total. The van der Waals surface area contributed by atoms with Crippen molar-refractivity contribution in [1.29, 1.82) is 0 Å². The van der Waals surface area contributed by atoms with Gasteiger partial charge in [-0.25, -0.2) is 4.98 Å². The van der Waals surface area contributed by atoms with E-state index in [1.54, 1.807) is 29.6 Å². The van der Waals surface area contributed by atoms with Crippen LogP contribution in [0.15, 0.2) is 65.2 Å². The zero-order valence-corrected chi connectivity index (χ0v) is 19.8. The van der Waals surface area contributed by atoms with Gasteiger partial charge in [-0.1, -0.05) is 41.7 Å². The van der Waals surface area contributed by atoms with Crippen LogP contribution in [0.1, 0.15) is 32.4 Å². The fourth-order valence-corrected chi connectivity index (χ4v) is 6.07. The van der Waals surface area contributed by atoms with E-state index in [1.165, 1.54) is 34.7 Å². The van der Waals surface area contributed by atoms with Crippen molar-refractivity contribution in [3.63, 3.8) is 0 Å². The standard InChI is InChI=1S/C25H20N2O4S2/c1-13-11-14(2)20-18(12-13)33-25(26-20)27-21(15-7-4-5-8-16(15)31-3)19(23(29)24(27)30)22(28)17-9-6-10-32-17/h4-12,21,29H,1-3H3/t21-/m0/s1.